The monoisotopic (exact) mass is 379 g/mol. The lowest BCUT2D eigenvalue weighted by Crippen LogP contribution is -2.53. The topological polar surface area (TPSA) is 61.4 Å². The minimum absolute atomic E-state index is 0. The number of carbonyl (C=O) groups excluding carboxylic acids is 2. The van der Waals surface area contributed by atoms with E-state index in [1.807, 2.05) is 49.1 Å². The highest BCUT2D eigenvalue weighted by atomic mass is 35.5. The van der Waals surface area contributed by atoms with Gasteiger partial charge in [0.2, 0.25) is 11.8 Å². The van der Waals surface area contributed by atoms with Crippen LogP contribution in [0.25, 0.3) is 0 Å². The van der Waals surface area contributed by atoms with Crippen molar-refractivity contribution in [1.82, 2.24) is 15.5 Å². The van der Waals surface area contributed by atoms with Gasteiger partial charge in [0.1, 0.15) is 6.04 Å². The fourth-order valence-electron chi connectivity index (χ4n) is 3.86. The molecule has 2 aliphatic rings. The predicted molar refractivity (Wildman–Crippen MR) is 105 cm³/mol. The van der Waals surface area contributed by atoms with E-state index in [2.05, 4.69) is 10.6 Å². The van der Waals surface area contributed by atoms with Crippen molar-refractivity contribution in [3.05, 3.63) is 35.9 Å². The van der Waals surface area contributed by atoms with Gasteiger partial charge >= 0.3 is 0 Å². The number of halogens is 1. The first-order valence-electron chi connectivity index (χ1n) is 9.41. The van der Waals surface area contributed by atoms with E-state index >= 15 is 0 Å². The molecule has 2 heterocycles. The smallest absolute Gasteiger partial charge is 0.245 e. The Bertz CT molecular complexity index is 608. The minimum Gasteiger partial charge on any atom is -0.344 e. The van der Waals surface area contributed by atoms with E-state index in [9.17, 15) is 9.59 Å². The molecule has 3 unspecified atom stereocenters. The minimum atomic E-state index is -0.451. The molecule has 26 heavy (non-hydrogen) atoms. The Labute approximate surface area is 162 Å². The zero-order chi connectivity index (χ0) is 17.8. The van der Waals surface area contributed by atoms with Gasteiger partial charge in [0.15, 0.2) is 0 Å². The molecular weight excluding hydrogens is 350 g/mol. The molecule has 1 aromatic carbocycles. The second-order valence-electron chi connectivity index (χ2n) is 7.66. The van der Waals surface area contributed by atoms with Gasteiger partial charge in [0.25, 0.3) is 0 Å². The summed E-state index contributed by atoms with van der Waals surface area (Å²) in [6.45, 7) is 5.53. The highest BCUT2D eigenvalue weighted by molar-refractivity contribution is 5.88. The first kappa shape index (κ1) is 20.7. The average molecular weight is 380 g/mol. The Kier molecular flexibility index (Phi) is 7.47. The van der Waals surface area contributed by atoms with Crippen molar-refractivity contribution >= 4 is 24.2 Å². The van der Waals surface area contributed by atoms with Crippen molar-refractivity contribution in [2.24, 2.45) is 5.92 Å². The van der Waals surface area contributed by atoms with Crippen molar-refractivity contribution in [3.63, 3.8) is 0 Å². The molecule has 2 N–H and O–H groups in total. The van der Waals surface area contributed by atoms with Gasteiger partial charge < -0.3 is 15.5 Å². The summed E-state index contributed by atoms with van der Waals surface area (Å²) in [5, 5.41) is 6.57. The van der Waals surface area contributed by atoms with E-state index in [0.717, 1.165) is 31.5 Å². The van der Waals surface area contributed by atoms with Crippen LogP contribution in [0.3, 0.4) is 0 Å². The maximum atomic E-state index is 13.0. The fraction of sp³-hybridized carbons (Fsp3) is 0.600. The highest BCUT2D eigenvalue weighted by Crippen LogP contribution is 2.21. The summed E-state index contributed by atoms with van der Waals surface area (Å²) >= 11 is 0. The Morgan fingerprint density at radius 1 is 1.15 bits per heavy atom. The van der Waals surface area contributed by atoms with Gasteiger partial charge in [-0.25, -0.2) is 0 Å². The van der Waals surface area contributed by atoms with Crippen LogP contribution in [0.15, 0.2) is 30.3 Å². The molecule has 0 saturated carbocycles. The molecule has 0 radical (unpaired) electrons. The number of fused-ring (bicyclic) bond motifs is 2. The summed E-state index contributed by atoms with van der Waals surface area (Å²) in [6.07, 6.45) is 3.67. The molecule has 3 atom stereocenters. The first-order chi connectivity index (χ1) is 12.0. The van der Waals surface area contributed by atoms with E-state index in [1.54, 1.807) is 0 Å². The number of benzene rings is 1. The highest BCUT2D eigenvalue weighted by Gasteiger charge is 2.35. The van der Waals surface area contributed by atoms with Gasteiger partial charge in [-0.3, -0.25) is 9.59 Å². The molecule has 2 aliphatic heterocycles. The largest absolute Gasteiger partial charge is 0.344 e. The molecule has 2 fully saturated rings. The van der Waals surface area contributed by atoms with E-state index in [4.69, 9.17) is 0 Å². The quantitative estimate of drug-likeness (QED) is 0.824. The number of nitrogens with zero attached hydrogens (tertiary/aromatic N) is 1. The molecule has 0 spiro atoms. The van der Waals surface area contributed by atoms with E-state index in [0.29, 0.717) is 18.5 Å². The number of hydrogen-bond donors (Lipinski definition) is 2. The summed E-state index contributed by atoms with van der Waals surface area (Å²) < 4.78 is 0. The number of amides is 2. The number of hydrogen-bond acceptors (Lipinski definition) is 3. The maximum absolute atomic E-state index is 13.0. The van der Waals surface area contributed by atoms with Crippen LogP contribution in [0.1, 0.15) is 38.7 Å². The maximum Gasteiger partial charge on any atom is 0.245 e. The SMILES string of the molecule is CC(C)C(NC(=O)Cc1ccccc1)C(=O)N1CCC2CCC(C1)N2.Cl. The van der Waals surface area contributed by atoms with Gasteiger partial charge in [0, 0.05) is 25.2 Å². The lowest BCUT2D eigenvalue weighted by molar-refractivity contribution is -0.137. The Hall–Kier alpha value is -1.59. The van der Waals surface area contributed by atoms with Crippen LogP contribution in [-0.4, -0.2) is 47.9 Å². The van der Waals surface area contributed by atoms with Crippen LogP contribution in [0, 0.1) is 5.92 Å². The lowest BCUT2D eigenvalue weighted by atomic mass is 10.0. The Morgan fingerprint density at radius 2 is 1.85 bits per heavy atom. The molecule has 6 heteroatoms. The van der Waals surface area contributed by atoms with Gasteiger partial charge in [-0.05, 0) is 30.7 Å². The lowest BCUT2D eigenvalue weighted by Gasteiger charge is -2.30. The third kappa shape index (κ3) is 5.21. The van der Waals surface area contributed by atoms with Gasteiger partial charge in [-0.2, -0.15) is 0 Å². The van der Waals surface area contributed by atoms with Crippen molar-refractivity contribution in [2.75, 3.05) is 13.1 Å². The summed E-state index contributed by atoms with van der Waals surface area (Å²) in [5.74, 6) is 0.0408. The normalized spacial score (nSPS) is 23.1. The van der Waals surface area contributed by atoms with Crippen molar-refractivity contribution in [2.45, 2.75) is 57.7 Å². The molecule has 5 nitrogen and oxygen atoms in total. The number of likely N-dealkylation sites (tertiary alicyclic amines) is 1. The Morgan fingerprint density at radius 3 is 2.54 bits per heavy atom. The van der Waals surface area contributed by atoms with Gasteiger partial charge in [-0.15, -0.1) is 12.4 Å². The number of carbonyl (C=O) groups is 2. The standard InChI is InChI=1S/C20H29N3O2.ClH/c1-14(2)19(22-18(24)12-15-6-4-3-5-7-15)20(25)23-11-10-16-8-9-17(13-23)21-16;/h3-7,14,16-17,19,21H,8-13H2,1-2H3,(H,22,24);1H. The average Bonchev–Trinajstić information content (AvgIpc) is 2.91. The van der Waals surface area contributed by atoms with Crippen LogP contribution in [0.4, 0.5) is 0 Å². The fourth-order valence-corrected chi connectivity index (χ4v) is 3.86. The van der Waals surface area contributed by atoms with Crippen LogP contribution in [-0.2, 0) is 16.0 Å². The Balaban J connectivity index is 0.00000243. The molecule has 1 aromatic rings. The number of nitrogens with one attached hydrogen (secondary N) is 2. The van der Waals surface area contributed by atoms with Crippen molar-refractivity contribution in [1.29, 1.82) is 0 Å². The molecule has 144 valence electrons. The van der Waals surface area contributed by atoms with E-state index < -0.39 is 6.04 Å². The third-order valence-electron chi connectivity index (χ3n) is 5.29. The molecular formula is C20H30ClN3O2. The summed E-state index contributed by atoms with van der Waals surface area (Å²) in [4.78, 5) is 27.4. The van der Waals surface area contributed by atoms with Crippen LogP contribution >= 0.6 is 12.4 Å². The van der Waals surface area contributed by atoms with Crippen LogP contribution < -0.4 is 10.6 Å². The molecule has 0 aliphatic carbocycles. The summed E-state index contributed by atoms with van der Waals surface area (Å²) in [5.41, 5.74) is 0.964. The van der Waals surface area contributed by atoms with Crippen LogP contribution in [0.2, 0.25) is 0 Å². The number of rotatable bonds is 5. The van der Waals surface area contributed by atoms with E-state index in [1.165, 1.54) is 6.42 Å². The molecule has 2 amide bonds. The summed E-state index contributed by atoms with van der Waals surface area (Å²) in [7, 11) is 0. The second kappa shape index (κ2) is 9.38. The van der Waals surface area contributed by atoms with E-state index in [-0.39, 0.29) is 30.1 Å². The third-order valence-corrected chi connectivity index (χ3v) is 5.29. The second-order valence-corrected chi connectivity index (χ2v) is 7.66. The zero-order valence-electron chi connectivity index (χ0n) is 15.6. The molecule has 0 aromatic heterocycles. The van der Waals surface area contributed by atoms with Crippen molar-refractivity contribution < 1.29 is 9.59 Å². The molecule has 2 saturated heterocycles. The zero-order valence-corrected chi connectivity index (χ0v) is 16.4. The van der Waals surface area contributed by atoms with Crippen LogP contribution in [0.5, 0.6) is 0 Å². The summed E-state index contributed by atoms with van der Waals surface area (Å²) in [6, 6.07) is 10.2. The molecule has 3 rings (SSSR count). The molecule has 2 bridgehead atoms. The van der Waals surface area contributed by atoms with Crippen molar-refractivity contribution in [3.8, 4) is 0 Å². The van der Waals surface area contributed by atoms with Gasteiger partial charge in [-0.1, -0.05) is 44.2 Å². The first-order valence-corrected chi connectivity index (χ1v) is 9.41. The predicted octanol–water partition coefficient (Wildman–Crippen LogP) is 2.14. The van der Waals surface area contributed by atoms with Gasteiger partial charge in [0.05, 0.1) is 6.42 Å².